The second-order valence-electron chi connectivity index (χ2n) is 20.1. The van der Waals surface area contributed by atoms with Gasteiger partial charge in [-0.15, -0.1) is 0 Å². The van der Waals surface area contributed by atoms with Gasteiger partial charge in [-0.3, -0.25) is 0 Å². The van der Waals surface area contributed by atoms with Crippen molar-refractivity contribution in [3.63, 3.8) is 0 Å². The van der Waals surface area contributed by atoms with Gasteiger partial charge in [-0.1, -0.05) is 167 Å². The van der Waals surface area contributed by atoms with Crippen molar-refractivity contribution in [3.8, 4) is 55.6 Å². The Morgan fingerprint density at radius 3 is 1.42 bits per heavy atom. The van der Waals surface area contributed by atoms with Gasteiger partial charge in [0, 0.05) is 55.0 Å². The molecule has 2 aliphatic carbocycles. The van der Waals surface area contributed by atoms with Crippen LogP contribution in [-0.4, -0.2) is 0 Å². The molecule has 14 rings (SSSR count). The van der Waals surface area contributed by atoms with Crippen LogP contribution in [0.5, 0.6) is 0 Å². The highest BCUT2D eigenvalue weighted by Gasteiger charge is 2.40. The quantitative estimate of drug-likeness (QED) is 0.167. The van der Waals surface area contributed by atoms with E-state index >= 15 is 0 Å². The highest BCUT2D eigenvalue weighted by atomic mass is 16.3. The number of nitrogens with zero attached hydrogens (tertiary/aromatic N) is 1. The highest BCUT2D eigenvalue weighted by Crippen LogP contribution is 2.55. The Morgan fingerprint density at radius 1 is 0.304 bits per heavy atom. The van der Waals surface area contributed by atoms with Crippen molar-refractivity contribution in [2.75, 3.05) is 4.90 Å². The molecule has 0 fully saturated rings. The third-order valence-corrected chi connectivity index (χ3v) is 15.5. The fourth-order valence-corrected chi connectivity index (χ4v) is 11.9. The Morgan fingerprint density at radius 2 is 0.739 bits per heavy atom. The molecule has 69 heavy (non-hydrogen) atoms. The first-order valence-electron chi connectivity index (χ1n) is 24.1. The van der Waals surface area contributed by atoms with Gasteiger partial charge in [0.25, 0.3) is 0 Å². The van der Waals surface area contributed by atoms with Crippen molar-refractivity contribution in [1.82, 2.24) is 0 Å². The third-order valence-electron chi connectivity index (χ3n) is 15.5. The number of furan rings is 2. The predicted molar refractivity (Wildman–Crippen MR) is 287 cm³/mol. The SMILES string of the molecule is CC1(C)c2cc(-c3ccc4c(c3)oc3ccccc34)ccc2-c2ccc(N(c3ccc(-c4ccc(-c5ccccc5)cc4)cc3)c3ccc4c(c3)C(C)(C)c3c-4ccc4c3oc3ccccc34)cc21. The first-order valence-corrected chi connectivity index (χ1v) is 24.1. The minimum atomic E-state index is -0.302. The standard InChI is InChI=1S/C66H47NO2/c1-65(2)57-36-44(45-25-31-54-52-14-8-10-16-60(52)68-62(54)37-45)24-30-49(57)50-32-28-47(38-58(50)65)67(46-26-22-43(23-27-46)42-20-18-41(19-21-42)40-12-6-5-7-13-40)48-29-33-51-55-34-35-56-53-15-9-11-17-61(53)69-64(56)63(55)66(3,4)59(51)39-48/h5-39H,1-4H3. The summed E-state index contributed by atoms with van der Waals surface area (Å²) in [5.74, 6) is 0. The van der Waals surface area contributed by atoms with Crippen LogP contribution in [0.2, 0.25) is 0 Å². The summed E-state index contributed by atoms with van der Waals surface area (Å²) in [4.78, 5) is 2.45. The van der Waals surface area contributed by atoms with Gasteiger partial charge < -0.3 is 13.7 Å². The van der Waals surface area contributed by atoms with Crippen LogP contribution >= 0.6 is 0 Å². The lowest BCUT2D eigenvalue weighted by Gasteiger charge is -2.30. The molecule has 0 N–H and O–H groups in total. The zero-order valence-electron chi connectivity index (χ0n) is 39.0. The van der Waals surface area contributed by atoms with Gasteiger partial charge in [0.05, 0.1) is 0 Å². The van der Waals surface area contributed by atoms with E-state index in [-0.39, 0.29) is 10.8 Å². The van der Waals surface area contributed by atoms with Crippen LogP contribution in [0.3, 0.4) is 0 Å². The minimum Gasteiger partial charge on any atom is -0.456 e. The number of para-hydroxylation sites is 2. The normalized spacial score (nSPS) is 14.0. The molecule has 0 saturated heterocycles. The number of benzene rings is 10. The Balaban J connectivity index is 0.870. The first kappa shape index (κ1) is 39.7. The van der Waals surface area contributed by atoms with Gasteiger partial charge in [-0.05, 0) is 145 Å². The lowest BCUT2D eigenvalue weighted by atomic mass is 9.81. The van der Waals surface area contributed by atoms with E-state index < -0.39 is 0 Å². The predicted octanol–water partition coefficient (Wildman–Crippen LogP) is 18.6. The van der Waals surface area contributed by atoms with Crippen LogP contribution in [-0.2, 0) is 10.8 Å². The van der Waals surface area contributed by atoms with E-state index in [0.29, 0.717) is 0 Å². The highest BCUT2D eigenvalue weighted by molar-refractivity contribution is 6.09. The summed E-state index contributed by atoms with van der Waals surface area (Å²) in [6.07, 6.45) is 0. The number of fused-ring (bicyclic) bond motifs is 13. The summed E-state index contributed by atoms with van der Waals surface area (Å²) < 4.78 is 13.0. The second kappa shape index (κ2) is 14.6. The van der Waals surface area contributed by atoms with Gasteiger partial charge in [0.2, 0.25) is 0 Å². The summed E-state index contributed by atoms with van der Waals surface area (Å²) in [7, 11) is 0. The van der Waals surface area contributed by atoms with Gasteiger partial charge in [0.15, 0.2) is 0 Å². The molecular formula is C66H47NO2. The van der Waals surface area contributed by atoms with Crippen molar-refractivity contribution in [1.29, 1.82) is 0 Å². The molecule has 3 heteroatoms. The maximum absolute atomic E-state index is 6.69. The topological polar surface area (TPSA) is 29.5 Å². The molecule has 12 aromatic rings. The zero-order valence-corrected chi connectivity index (χ0v) is 39.0. The van der Waals surface area contributed by atoms with E-state index in [1.54, 1.807) is 0 Å². The maximum Gasteiger partial charge on any atom is 0.140 e. The van der Waals surface area contributed by atoms with Crippen LogP contribution in [0.1, 0.15) is 49.9 Å². The van der Waals surface area contributed by atoms with Crippen molar-refractivity contribution >= 4 is 60.9 Å². The average Bonchev–Trinajstić information content (AvgIpc) is 4.09. The van der Waals surface area contributed by atoms with Crippen LogP contribution in [0.4, 0.5) is 17.1 Å². The Bertz CT molecular complexity index is 4050. The molecule has 0 spiro atoms. The molecule has 10 aromatic carbocycles. The summed E-state index contributed by atoms with van der Waals surface area (Å²) in [6, 6.07) is 77.6. The molecule has 2 heterocycles. The minimum absolute atomic E-state index is 0.249. The Kier molecular flexibility index (Phi) is 8.38. The fraction of sp³-hybridized carbons (Fsp3) is 0.0909. The average molecular weight is 886 g/mol. The smallest absolute Gasteiger partial charge is 0.140 e. The summed E-state index contributed by atoms with van der Waals surface area (Å²) in [5, 5.41) is 4.62. The van der Waals surface area contributed by atoms with Crippen LogP contribution in [0, 0.1) is 0 Å². The number of hydrogen-bond acceptors (Lipinski definition) is 3. The fourth-order valence-electron chi connectivity index (χ4n) is 11.9. The summed E-state index contributed by atoms with van der Waals surface area (Å²) in [5.41, 5.74) is 24.0. The molecule has 0 aliphatic heterocycles. The van der Waals surface area contributed by atoms with E-state index in [1.807, 2.05) is 12.1 Å². The molecule has 2 aliphatic rings. The van der Waals surface area contributed by atoms with Gasteiger partial charge in [-0.25, -0.2) is 0 Å². The number of anilines is 3. The van der Waals surface area contributed by atoms with Gasteiger partial charge in [0.1, 0.15) is 22.3 Å². The van der Waals surface area contributed by atoms with Crippen LogP contribution in [0.15, 0.2) is 221 Å². The van der Waals surface area contributed by atoms with E-state index in [0.717, 1.165) is 61.1 Å². The summed E-state index contributed by atoms with van der Waals surface area (Å²) in [6.45, 7) is 9.47. The lowest BCUT2D eigenvalue weighted by Crippen LogP contribution is -2.18. The van der Waals surface area contributed by atoms with Crippen molar-refractivity contribution in [2.24, 2.45) is 0 Å². The Labute approximate surface area is 401 Å². The molecule has 0 bridgehead atoms. The van der Waals surface area contributed by atoms with Crippen molar-refractivity contribution in [2.45, 2.75) is 38.5 Å². The van der Waals surface area contributed by atoms with E-state index in [2.05, 4.69) is 233 Å². The molecule has 3 nitrogen and oxygen atoms in total. The van der Waals surface area contributed by atoms with E-state index in [4.69, 9.17) is 8.83 Å². The molecular weight excluding hydrogens is 839 g/mol. The summed E-state index contributed by atoms with van der Waals surface area (Å²) >= 11 is 0. The maximum atomic E-state index is 6.69. The molecule has 0 radical (unpaired) electrons. The van der Waals surface area contributed by atoms with Gasteiger partial charge in [-0.2, -0.15) is 0 Å². The lowest BCUT2D eigenvalue weighted by molar-refractivity contribution is 0.620. The zero-order chi connectivity index (χ0) is 46.2. The van der Waals surface area contributed by atoms with Crippen LogP contribution in [0.25, 0.3) is 99.5 Å². The largest absolute Gasteiger partial charge is 0.456 e. The molecule has 2 aromatic heterocycles. The van der Waals surface area contributed by atoms with E-state index in [9.17, 15) is 0 Å². The Hall–Kier alpha value is -8.40. The monoisotopic (exact) mass is 885 g/mol. The molecule has 328 valence electrons. The van der Waals surface area contributed by atoms with Gasteiger partial charge >= 0.3 is 0 Å². The van der Waals surface area contributed by atoms with E-state index in [1.165, 1.54) is 77.7 Å². The number of hydrogen-bond donors (Lipinski definition) is 0. The molecule has 0 amide bonds. The molecule has 0 saturated carbocycles. The second-order valence-corrected chi connectivity index (χ2v) is 20.1. The molecule has 0 atom stereocenters. The first-order chi connectivity index (χ1) is 33.7. The van der Waals surface area contributed by atoms with Crippen molar-refractivity contribution in [3.05, 3.63) is 235 Å². The molecule has 0 unspecified atom stereocenters. The number of rotatable bonds is 6. The van der Waals surface area contributed by atoms with Crippen molar-refractivity contribution < 1.29 is 8.83 Å². The van der Waals surface area contributed by atoms with Crippen LogP contribution < -0.4 is 4.90 Å². The third kappa shape index (κ3) is 5.93.